The van der Waals surface area contributed by atoms with E-state index in [-0.39, 0.29) is 23.1 Å². The van der Waals surface area contributed by atoms with Crippen molar-refractivity contribution in [3.63, 3.8) is 0 Å². The normalized spacial score (nSPS) is 10.5. The molecule has 0 bridgehead atoms. The number of rotatable bonds is 6. The summed E-state index contributed by atoms with van der Waals surface area (Å²) in [6.45, 7) is 5.37. The van der Waals surface area contributed by atoms with Gasteiger partial charge in [-0.15, -0.1) is 0 Å². The Kier molecular flexibility index (Phi) is 6.03. The Hall–Kier alpha value is -0.437. The van der Waals surface area contributed by atoms with Crippen molar-refractivity contribution in [2.75, 3.05) is 0 Å². The Balaban J connectivity index is 4.77. The van der Waals surface area contributed by atoms with Crippen LogP contribution in [0.4, 0.5) is 0 Å². The van der Waals surface area contributed by atoms with Gasteiger partial charge in [0.15, 0.2) is 0 Å². The summed E-state index contributed by atoms with van der Waals surface area (Å²) in [4.78, 5) is 44.7. The van der Waals surface area contributed by atoms with Crippen LogP contribution in [0.25, 0.3) is 0 Å². The van der Waals surface area contributed by atoms with Crippen molar-refractivity contribution >= 4 is 46.4 Å². The number of hydrogen-bond donors (Lipinski definition) is 0. The third kappa shape index (κ3) is 4.74. The van der Waals surface area contributed by atoms with Crippen LogP contribution in [0.1, 0.15) is 27.7 Å². The van der Waals surface area contributed by atoms with Gasteiger partial charge in [0.25, 0.3) is 0 Å². The molecular formula is C10H15BiO4. The molecule has 15 heavy (non-hydrogen) atoms. The average Bonchev–Trinajstić information content (AvgIpc) is 2.01. The van der Waals surface area contributed by atoms with E-state index in [1.54, 1.807) is 0 Å². The van der Waals surface area contributed by atoms with Gasteiger partial charge in [0.2, 0.25) is 0 Å². The molecular weight excluding hydrogens is 393 g/mol. The van der Waals surface area contributed by atoms with Gasteiger partial charge < -0.3 is 0 Å². The maximum absolute atomic E-state index is 11.2. The summed E-state index contributed by atoms with van der Waals surface area (Å²) >= 11 is -1.89. The van der Waals surface area contributed by atoms with E-state index in [0.717, 1.165) is 0 Å². The van der Waals surface area contributed by atoms with Gasteiger partial charge in [-0.1, -0.05) is 0 Å². The summed E-state index contributed by atoms with van der Waals surface area (Å²) < 4.78 is -1.27. The van der Waals surface area contributed by atoms with Gasteiger partial charge in [-0.05, 0) is 0 Å². The molecule has 0 saturated heterocycles. The van der Waals surface area contributed by atoms with Crippen LogP contribution in [0, 0.1) is 0 Å². The number of ketones is 4. The summed E-state index contributed by atoms with van der Waals surface area (Å²) in [7, 11) is 0. The number of Topliss-reactive ketones (excluding diaryl/α,β-unsaturated/α-hetero) is 4. The van der Waals surface area contributed by atoms with Gasteiger partial charge in [0.05, 0.1) is 0 Å². The first-order chi connectivity index (χ1) is 6.77. The summed E-state index contributed by atoms with van der Waals surface area (Å²) in [5, 5.41) is 0. The molecule has 0 radical (unpaired) electrons. The quantitative estimate of drug-likeness (QED) is 0.470. The van der Waals surface area contributed by atoms with Crippen molar-refractivity contribution in [1.82, 2.24) is 0 Å². The molecule has 84 valence electrons. The van der Waals surface area contributed by atoms with Gasteiger partial charge in [0.1, 0.15) is 0 Å². The Morgan fingerprint density at radius 1 is 0.667 bits per heavy atom. The molecule has 0 unspecified atom stereocenters. The van der Waals surface area contributed by atoms with Crippen molar-refractivity contribution in [2.45, 2.75) is 34.9 Å². The van der Waals surface area contributed by atoms with Crippen LogP contribution in [0.15, 0.2) is 0 Å². The predicted molar refractivity (Wildman–Crippen MR) is 57.4 cm³/mol. The Morgan fingerprint density at radius 2 is 0.867 bits per heavy atom. The van der Waals surface area contributed by atoms with Crippen LogP contribution >= 0.6 is 0 Å². The maximum atomic E-state index is 11.2. The van der Waals surface area contributed by atoms with Crippen molar-refractivity contribution in [1.29, 1.82) is 0 Å². The van der Waals surface area contributed by atoms with E-state index in [1.807, 2.05) is 0 Å². The Morgan fingerprint density at radius 3 is 1.00 bits per heavy atom. The van der Waals surface area contributed by atoms with E-state index in [1.165, 1.54) is 27.7 Å². The topological polar surface area (TPSA) is 68.3 Å². The van der Waals surface area contributed by atoms with Crippen LogP contribution in [0.3, 0.4) is 0 Å². The molecule has 5 heteroatoms. The predicted octanol–water partition coefficient (Wildman–Crippen LogP) is 0.356. The summed E-state index contributed by atoms with van der Waals surface area (Å²) in [5.74, 6) is -0.840. The van der Waals surface area contributed by atoms with Crippen LogP contribution in [-0.2, 0) is 19.2 Å². The molecule has 0 spiro atoms. The van der Waals surface area contributed by atoms with Crippen molar-refractivity contribution < 1.29 is 19.2 Å². The van der Waals surface area contributed by atoms with Gasteiger partial charge in [0, 0.05) is 0 Å². The van der Waals surface area contributed by atoms with E-state index in [4.69, 9.17) is 0 Å². The molecule has 0 aliphatic carbocycles. The fourth-order valence-electron chi connectivity index (χ4n) is 1.21. The van der Waals surface area contributed by atoms with Gasteiger partial charge in [-0.3, -0.25) is 0 Å². The fraction of sp³-hybridized carbons (Fsp3) is 0.600. The first kappa shape index (κ1) is 14.6. The molecule has 0 aromatic heterocycles. The molecule has 0 saturated carbocycles. The van der Waals surface area contributed by atoms with Crippen molar-refractivity contribution in [3.8, 4) is 0 Å². The number of hydrogen-bond acceptors (Lipinski definition) is 4. The van der Waals surface area contributed by atoms with E-state index in [9.17, 15) is 19.2 Å². The van der Waals surface area contributed by atoms with Gasteiger partial charge >= 0.3 is 100 Å². The van der Waals surface area contributed by atoms with E-state index >= 15 is 0 Å². The molecule has 0 aromatic carbocycles. The summed E-state index contributed by atoms with van der Waals surface area (Å²) in [6.07, 6.45) is 0. The van der Waals surface area contributed by atoms with E-state index in [2.05, 4.69) is 0 Å². The van der Waals surface area contributed by atoms with E-state index < -0.39 is 30.5 Å². The number of carbonyl (C=O) groups is 4. The van der Waals surface area contributed by atoms with Gasteiger partial charge in [-0.25, -0.2) is 0 Å². The molecule has 0 rings (SSSR count). The second-order valence-electron chi connectivity index (χ2n) is 3.48. The zero-order valence-electron chi connectivity index (χ0n) is 9.29. The number of carbonyl (C=O) groups excluding carboxylic acids is 4. The standard InChI is InChI=1S/2C5H7O2.Bi.H/c2*1-4(6)3-5(2)7;;/h2*3H,1-2H3;;. The summed E-state index contributed by atoms with van der Waals surface area (Å²) in [6, 6.07) is 0. The molecule has 0 aliphatic rings. The van der Waals surface area contributed by atoms with E-state index in [0.29, 0.717) is 0 Å². The van der Waals surface area contributed by atoms with Crippen molar-refractivity contribution in [2.24, 2.45) is 0 Å². The zero-order valence-corrected chi connectivity index (χ0v) is 13.2. The molecule has 0 heterocycles. The minimum atomic E-state index is -1.89. The molecule has 0 aromatic rings. The molecule has 0 atom stereocenters. The SMILES string of the molecule is CC(=O)[CH]([BiH][CH](C(C)=O)C(C)=O)C(C)=O. The molecule has 0 N–H and O–H groups in total. The average molecular weight is 408 g/mol. The van der Waals surface area contributed by atoms with Crippen LogP contribution < -0.4 is 0 Å². The second-order valence-corrected chi connectivity index (χ2v) is 9.26. The molecule has 0 fully saturated rings. The Labute approximate surface area is 100 Å². The molecule has 0 aliphatic heterocycles. The fourth-order valence-corrected chi connectivity index (χ4v) is 6.15. The van der Waals surface area contributed by atoms with Crippen LogP contribution in [0.2, 0.25) is 7.25 Å². The van der Waals surface area contributed by atoms with Crippen LogP contribution in [-0.4, -0.2) is 46.4 Å². The van der Waals surface area contributed by atoms with Crippen LogP contribution in [0.5, 0.6) is 0 Å². The minimum absolute atomic E-state index is 0.210. The van der Waals surface area contributed by atoms with Crippen molar-refractivity contribution in [3.05, 3.63) is 0 Å². The third-order valence-corrected chi connectivity index (χ3v) is 10.9. The molecule has 0 amide bonds. The monoisotopic (exact) mass is 408 g/mol. The molecule has 4 nitrogen and oxygen atoms in total. The van der Waals surface area contributed by atoms with Gasteiger partial charge in [-0.2, -0.15) is 0 Å². The zero-order chi connectivity index (χ0) is 12.2. The second kappa shape index (κ2) is 6.21. The Bertz CT molecular complexity index is 251. The third-order valence-electron chi connectivity index (χ3n) is 1.96. The summed E-state index contributed by atoms with van der Waals surface area (Å²) in [5.41, 5.74) is 0. The first-order valence-corrected chi connectivity index (χ1v) is 9.04. The first-order valence-electron chi connectivity index (χ1n) is 4.55.